The van der Waals surface area contributed by atoms with Crippen molar-refractivity contribution in [1.82, 2.24) is 9.88 Å². The third kappa shape index (κ3) is 3.68. The van der Waals surface area contributed by atoms with Gasteiger partial charge in [-0.2, -0.15) is 0 Å². The highest BCUT2D eigenvalue weighted by molar-refractivity contribution is 9.10. The highest BCUT2D eigenvalue weighted by Crippen LogP contribution is 2.31. The fraction of sp³-hybridized carbons (Fsp3) is 0.111. The van der Waals surface area contributed by atoms with Gasteiger partial charge in [-0.05, 0) is 18.2 Å². The molecule has 1 heterocycles. The third-order valence-electron chi connectivity index (χ3n) is 3.29. The van der Waals surface area contributed by atoms with Gasteiger partial charge in [0.15, 0.2) is 5.78 Å². The summed E-state index contributed by atoms with van der Waals surface area (Å²) in [6.45, 7) is 0. The molecule has 0 saturated carbocycles. The van der Waals surface area contributed by atoms with E-state index in [9.17, 15) is 4.79 Å². The number of carbonyl (C=O) groups is 1. The van der Waals surface area contributed by atoms with Crippen molar-refractivity contribution in [3.8, 4) is 10.6 Å². The summed E-state index contributed by atoms with van der Waals surface area (Å²) >= 11 is 5.13. The molecule has 0 radical (unpaired) electrons. The minimum atomic E-state index is -0.00141. The van der Waals surface area contributed by atoms with Crippen LogP contribution >= 0.6 is 27.3 Å². The van der Waals surface area contributed by atoms with Gasteiger partial charge in [-0.25, -0.2) is 4.98 Å². The summed E-state index contributed by atoms with van der Waals surface area (Å²) in [4.78, 5) is 18.5. The molecular weight excluding hydrogens is 372 g/mol. The van der Waals surface area contributed by atoms with Gasteiger partial charge in [0.25, 0.3) is 0 Å². The first kappa shape index (κ1) is 15.9. The molecule has 0 saturated heterocycles. The van der Waals surface area contributed by atoms with Crippen LogP contribution in [0.2, 0.25) is 0 Å². The molecule has 3 aromatic rings. The van der Waals surface area contributed by atoms with Gasteiger partial charge in [0.05, 0.1) is 10.2 Å². The van der Waals surface area contributed by atoms with Crippen LogP contribution in [0.15, 0.2) is 59.2 Å². The van der Waals surface area contributed by atoms with Crippen LogP contribution in [0.4, 0.5) is 0 Å². The SMILES string of the molecule is CN(C)/C=C/C(=O)c1ccc(-c2nc3ccc(Br)cc3s2)cc1. The van der Waals surface area contributed by atoms with Gasteiger partial charge in [0.2, 0.25) is 0 Å². The van der Waals surface area contributed by atoms with Crippen LogP contribution in [-0.2, 0) is 0 Å². The largest absolute Gasteiger partial charge is 0.383 e. The Morgan fingerprint density at radius 2 is 1.91 bits per heavy atom. The van der Waals surface area contributed by atoms with Crippen LogP contribution < -0.4 is 0 Å². The number of rotatable bonds is 4. The summed E-state index contributed by atoms with van der Waals surface area (Å²) in [6, 6.07) is 13.7. The first-order chi connectivity index (χ1) is 11.0. The van der Waals surface area contributed by atoms with E-state index in [0.717, 1.165) is 25.3 Å². The zero-order valence-corrected chi connectivity index (χ0v) is 15.2. The molecule has 3 rings (SSSR count). The molecule has 0 atom stereocenters. The highest BCUT2D eigenvalue weighted by Gasteiger charge is 2.08. The van der Waals surface area contributed by atoms with Crippen molar-refractivity contribution in [3.05, 3.63) is 64.8 Å². The van der Waals surface area contributed by atoms with E-state index in [2.05, 4.69) is 27.0 Å². The smallest absolute Gasteiger partial charge is 0.187 e. The fourth-order valence-corrected chi connectivity index (χ4v) is 3.63. The summed E-state index contributed by atoms with van der Waals surface area (Å²) in [5.74, 6) is -0.00141. The average Bonchev–Trinajstić information content (AvgIpc) is 2.95. The summed E-state index contributed by atoms with van der Waals surface area (Å²) in [6.07, 6.45) is 3.33. The van der Waals surface area contributed by atoms with Crippen molar-refractivity contribution >= 4 is 43.3 Å². The van der Waals surface area contributed by atoms with Crippen molar-refractivity contribution in [2.75, 3.05) is 14.1 Å². The second kappa shape index (κ2) is 6.64. The van der Waals surface area contributed by atoms with Crippen molar-refractivity contribution in [2.45, 2.75) is 0 Å². The zero-order valence-electron chi connectivity index (χ0n) is 12.8. The van der Waals surface area contributed by atoms with Crippen LogP contribution in [0, 0.1) is 0 Å². The maximum Gasteiger partial charge on any atom is 0.187 e. The number of carbonyl (C=O) groups excluding carboxylic acids is 1. The second-order valence-electron chi connectivity index (χ2n) is 5.35. The Hall–Kier alpha value is -1.98. The number of ketones is 1. The molecule has 1 aromatic heterocycles. The zero-order chi connectivity index (χ0) is 16.4. The van der Waals surface area contributed by atoms with Gasteiger partial charge >= 0.3 is 0 Å². The molecule has 5 heteroatoms. The third-order valence-corrected chi connectivity index (χ3v) is 4.85. The van der Waals surface area contributed by atoms with Crippen LogP contribution in [-0.4, -0.2) is 29.8 Å². The Bertz CT molecular complexity index is 882. The molecule has 0 aliphatic rings. The monoisotopic (exact) mass is 386 g/mol. The van der Waals surface area contributed by atoms with Gasteiger partial charge in [-0.1, -0.05) is 40.2 Å². The average molecular weight is 387 g/mol. The lowest BCUT2D eigenvalue weighted by Gasteiger charge is -2.03. The molecule has 3 nitrogen and oxygen atoms in total. The summed E-state index contributed by atoms with van der Waals surface area (Å²) < 4.78 is 2.19. The van der Waals surface area contributed by atoms with E-state index in [4.69, 9.17) is 0 Å². The summed E-state index contributed by atoms with van der Waals surface area (Å²) in [5, 5.41) is 0.959. The maximum absolute atomic E-state index is 12.0. The number of allylic oxidation sites excluding steroid dienone is 1. The molecular formula is C18H15BrN2OS. The van der Waals surface area contributed by atoms with Crippen LogP contribution in [0.1, 0.15) is 10.4 Å². The number of benzene rings is 2. The molecule has 0 aliphatic carbocycles. The maximum atomic E-state index is 12.0. The quantitative estimate of drug-likeness (QED) is 0.468. The first-order valence-electron chi connectivity index (χ1n) is 7.08. The lowest BCUT2D eigenvalue weighted by Crippen LogP contribution is -2.03. The molecule has 0 fully saturated rings. The molecule has 0 aliphatic heterocycles. The number of fused-ring (bicyclic) bond motifs is 1. The standard InChI is InChI=1S/C18H15BrN2OS/c1-21(2)10-9-16(22)12-3-5-13(6-4-12)18-20-15-8-7-14(19)11-17(15)23-18/h3-11H,1-2H3/b10-9+. The number of thiazole rings is 1. The molecule has 2 aromatic carbocycles. The minimum Gasteiger partial charge on any atom is -0.383 e. The topological polar surface area (TPSA) is 33.2 Å². The minimum absolute atomic E-state index is 0.00141. The first-order valence-corrected chi connectivity index (χ1v) is 8.69. The van der Waals surface area contributed by atoms with Crippen LogP contribution in [0.3, 0.4) is 0 Å². The van der Waals surface area contributed by atoms with E-state index in [0.29, 0.717) is 5.56 Å². The van der Waals surface area contributed by atoms with E-state index >= 15 is 0 Å². The van der Waals surface area contributed by atoms with Crippen molar-refractivity contribution in [2.24, 2.45) is 0 Å². The Labute approximate surface area is 147 Å². The van der Waals surface area contributed by atoms with Crippen molar-refractivity contribution < 1.29 is 4.79 Å². The molecule has 0 amide bonds. The predicted molar refractivity (Wildman–Crippen MR) is 99.9 cm³/mol. The Balaban J connectivity index is 1.87. The van der Waals surface area contributed by atoms with Crippen molar-refractivity contribution in [3.63, 3.8) is 0 Å². The Morgan fingerprint density at radius 3 is 2.61 bits per heavy atom. The van der Waals surface area contributed by atoms with E-state index in [1.165, 1.54) is 0 Å². The second-order valence-corrected chi connectivity index (χ2v) is 7.30. The van der Waals surface area contributed by atoms with Crippen molar-refractivity contribution in [1.29, 1.82) is 0 Å². The van der Waals surface area contributed by atoms with E-state index in [1.54, 1.807) is 23.6 Å². The Morgan fingerprint density at radius 1 is 1.17 bits per heavy atom. The highest BCUT2D eigenvalue weighted by atomic mass is 79.9. The van der Waals surface area contributed by atoms with Crippen LogP contribution in [0.25, 0.3) is 20.8 Å². The lowest BCUT2D eigenvalue weighted by atomic mass is 10.1. The van der Waals surface area contributed by atoms with E-state index in [-0.39, 0.29) is 5.78 Å². The van der Waals surface area contributed by atoms with Gasteiger partial charge in [-0.15, -0.1) is 11.3 Å². The van der Waals surface area contributed by atoms with Gasteiger partial charge in [0.1, 0.15) is 5.01 Å². The molecule has 0 N–H and O–H groups in total. The summed E-state index contributed by atoms with van der Waals surface area (Å²) in [7, 11) is 3.77. The number of aromatic nitrogens is 1. The lowest BCUT2D eigenvalue weighted by molar-refractivity contribution is 0.104. The van der Waals surface area contributed by atoms with E-state index < -0.39 is 0 Å². The molecule has 116 valence electrons. The number of hydrogen-bond donors (Lipinski definition) is 0. The number of halogens is 1. The Kier molecular flexibility index (Phi) is 4.59. The fourth-order valence-electron chi connectivity index (χ4n) is 2.11. The van der Waals surface area contributed by atoms with Gasteiger partial charge < -0.3 is 4.90 Å². The molecule has 0 bridgehead atoms. The van der Waals surface area contributed by atoms with Gasteiger partial charge in [0, 0.05) is 42.0 Å². The predicted octanol–water partition coefficient (Wildman–Crippen LogP) is 4.98. The van der Waals surface area contributed by atoms with Gasteiger partial charge in [-0.3, -0.25) is 4.79 Å². The van der Waals surface area contributed by atoms with Crippen LogP contribution in [0.5, 0.6) is 0 Å². The molecule has 0 unspecified atom stereocenters. The number of nitrogens with zero attached hydrogens (tertiary/aromatic N) is 2. The summed E-state index contributed by atoms with van der Waals surface area (Å²) in [5.41, 5.74) is 2.69. The van der Waals surface area contributed by atoms with E-state index in [1.807, 2.05) is 55.4 Å². The molecule has 0 spiro atoms. The number of hydrogen-bond acceptors (Lipinski definition) is 4. The normalized spacial score (nSPS) is 11.3. The molecule has 23 heavy (non-hydrogen) atoms.